The number of esters is 1. The zero-order chi connectivity index (χ0) is 16.4. The summed E-state index contributed by atoms with van der Waals surface area (Å²) in [6.07, 6.45) is 1.76. The van der Waals surface area contributed by atoms with Gasteiger partial charge >= 0.3 is 12.1 Å². The summed E-state index contributed by atoms with van der Waals surface area (Å²) in [7, 11) is 0. The molecule has 1 heterocycles. The highest BCUT2D eigenvalue weighted by atomic mass is 16.5. The van der Waals surface area contributed by atoms with Gasteiger partial charge in [-0.2, -0.15) is 0 Å². The summed E-state index contributed by atoms with van der Waals surface area (Å²) in [5.41, 5.74) is 2.41. The summed E-state index contributed by atoms with van der Waals surface area (Å²) in [6.45, 7) is 6.64. The van der Waals surface area contributed by atoms with E-state index in [0.717, 1.165) is 17.6 Å². The first-order valence-corrected chi connectivity index (χ1v) is 7.90. The molecule has 1 N–H and O–H groups in total. The molecule has 1 amide bonds. The fourth-order valence-electron chi connectivity index (χ4n) is 3.62. The molecule has 1 aliphatic heterocycles. The number of carbonyl (C=O) groups is 2. The number of nitrogens with one attached hydrogen (secondary N) is 1. The van der Waals surface area contributed by atoms with Crippen molar-refractivity contribution in [1.82, 2.24) is 0 Å². The first-order chi connectivity index (χ1) is 11.0. The number of hydrogen-bond donors (Lipinski definition) is 1. The van der Waals surface area contributed by atoms with Crippen LogP contribution < -0.4 is 5.32 Å². The molecule has 23 heavy (non-hydrogen) atoms. The minimum atomic E-state index is -0.467. The maximum Gasteiger partial charge on any atom is 0.411 e. The number of ether oxygens (including phenoxy) is 2. The third-order valence-corrected chi connectivity index (χ3v) is 4.70. The Hall–Kier alpha value is -2.30. The standard InChI is InChI=1S/C18H21NO4/c1-3-22-17(21)19-15-6-4-13(5-7-15)10-18-9-12(2)8-14(18)11-23-16(18)20/h4-7,14H,2-3,8-11H2,1H3,(H,19,21). The van der Waals surface area contributed by atoms with E-state index in [1.165, 1.54) is 0 Å². The molecule has 2 aliphatic rings. The summed E-state index contributed by atoms with van der Waals surface area (Å²) in [6, 6.07) is 7.50. The van der Waals surface area contributed by atoms with E-state index in [1.807, 2.05) is 24.3 Å². The van der Waals surface area contributed by atoms with Crippen LogP contribution in [-0.2, 0) is 20.7 Å². The largest absolute Gasteiger partial charge is 0.465 e. The molecule has 1 saturated carbocycles. The Morgan fingerprint density at radius 3 is 2.87 bits per heavy atom. The quantitative estimate of drug-likeness (QED) is 0.684. The minimum Gasteiger partial charge on any atom is -0.465 e. The van der Waals surface area contributed by atoms with Crippen LogP contribution in [0.25, 0.3) is 0 Å². The molecular formula is C18H21NO4. The van der Waals surface area contributed by atoms with E-state index in [2.05, 4.69) is 11.9 Å². The fourth-order valence-corrected chi connectivity index (χ4v) is 3.62. The first-order valence-electron chi connectivity index (χ1n) is 7.90. The Kier molecular flexibility index (Phi) is 4.11. The van der Waals surface area contributed by atoms with Crippen molar-refractivity contribution in [3.63, 3.8) is 0 Å². The Morgan fingerprint density at radius 1 is 1.43 bits per heavy atom. The lowest BCUT2D eigenvalue weighted by atomic mass is 9.75. The van der Waals surface area contributed by atoms with Gasteiger partial charge in [-0.15, -0.1) is 0 Å². The van der Waals surface area contributed by atoms with Crippen molar-refractivity contribution >= 4 is 17.7 Å². The van der Waals surface area contributed by atoms with Crippen molar-refractivity contribution in [2.24, 2.45) is 11.3 Å². The van der Waals surface area contributed by atoms with Gasteiger partial charge in [-0.1, -0.05) is 24.3 Å². The van der Waals surface area contributed by atoms with Crippen LogP contribution in [0.1, 0.15) is 25.3 Å². The Labute approximate surface area is 135 Å². The normalized spacial score (nSPS) is 25.9. The third kappa shape index (κ3) is 2.96. The number of cyclic esters (lactones) is 1. The number of benzene rings is 1. The average molecular weight is 315 g/mol. The molecule has 0 aromatic heterocycles. The predicted octanol–water partition coefficient (Wildman–Crippen LogP) is 3.31. The Morgan fingerprint density at radius 2 is 2.17 bits per heavy atom. The molecule has 3 rings (SSSR count). The second-order valence-corrected chi connectivity index (χ2v) is 6.30. The van der Waals surface area contributed by atoms with Gasteiger partial charge < -0.3 is 9.47 Å². The van der Waals surface area contributed by atoms with Crippen LogP contribution >= 0.6 is 0 Å². The molecule has 1 saturated heterocycles. The van der Waals surface area contributed by atoms with Crippen molar-refractivity contribution in [1.29, 1.82) is 0 Å². The Balaban J connectivity index is 1.72. The van der Waals surface area contributed by atoms with Crippen LogP contribution in [0.15, 0.2) is 36.4 Å². The average Bonchev–Trinajstić information content (AvgIpc) is 2.97. The van der Waals surface area contributed by atoms with Crippen LogP contribution in [0, 0.1) is 11.3 Å². The van der Waals surface area contributed by atoms with Gasteiger partial charge in [0.25, 0.3) is 0 Å². The van der Waals surface area contributed by atoms with Crippen LogP contribution in [0.3, 0.4) is 0 Å². The van der Waals surface area contributed by atoms with Gasteiger partial charge in [0.05, 0.1) is 18.6 Å². The summed E-state index contributed by atoms with van der Waals surface area (Å²) in [5.74, 6) is 0.134. The molecule has 1 aromatic rings. The maximum absolute atomic E-state index is 12.3. The second kappa shape index (κ2) is 6.07. The van der Waals surface area contributed by atoms with Gasteiger partial charge in [0.1, 0.15) is 0 Å². The van der Waals surface area contributed by atoms with Gasteiger partial charge in [-0.05, 0) is 43.9 Å². The fraction of sp³-hybridized carbons (Fsp3) is 0.444. The highest BCUT2D eigenvalue weighted by Gasteiger charge is 2.55. The summed E-state index contributed by atoms with van der Waals surface area (Å²) < 4.78 is 10.1. The molecule has 0 bridgehead atoms. The molecular weight excluding hydrogens is 294 g/mol. The van der Waals surface area contributed by atoms with E-state index in [9.17, 15) is 9.59 Å². The lowest BCUT2D eigenvalue weighted by Gasteiger charge is -2.24. The molecule has 122 valence electrons. The van der Waals surface area contributed by atoms with Crippen LogP contribution in [-0.4, -0.2) is 25.3 Å². The number of allylic oxidation sites excluding steroid dienone is 1. The van der Waals surface area contributed by atoms with E-state index in [-0.39, 0.29) is 11.9 Å². The van der Waals surface area contributed by atoms with Gasteiger partial charge in [0.15, 0.2) is 0 Å². The summed E-state index contributed by atoms with van der Waals surface area (Å²) in [5, 5.41) is 2.66. The molecule has 2 unspecified atom stereocenters. The maximum atomic E-state index is 12.3. The van der Waals surface area contributed by atoms with E-state index >= 15 is 0 Å². The highest BCUT2D eigenvalue weighted by Crippen LogP contribution is 2.52. The summed E-state index contributed by atoms with van der Waals surface area (Å²) in [4.78, 5) is 23.7. The number of anilines is 1. The zero-order valence-corrected chi connectivity index (χ0v) is 13.3. The molecule has 2 fully saturated rings. The number of carbonyl (C=O) groups excluding carboxylic acids is 2. The molecule has 0 radical (unpaired) electrons. The van der Waals surface area contributed by atoms with Gasteiger partial charge in [-0.25, -0.2) is 4.79 Å². The van der Waals surface area contributed by atoms with Gasteiger partial charge in [0, 0.05) is 11.6 Å². The predicted molar refractivity (Wildman–Crippen MR) is 86.0 cm³/mol. The number of rotatable bonds is 4. The molecule has 0 spiro atoms. The van der Waals surface area contributed by atoms with E-state index in [1.54, 1.807) is 6.92 Å². The zero-order valence-electron chi connectivity index (χ0n) is 13.3. The van der Waals surface area contributed by atoms with Gasteiger partial charge in [0.2, 0.25) is 0 Å². The van der Waals surface area contributed by atoms with E-state index in [4.69, 9.17) is 9.47 Å². The second-order valence-electron chi connectivity index (χ2n) is 6.30. The van der Waals surface area contributed by atoms with Crippen LogP contribution in [0.2, 0.25) is 0 Å². The first kappa shape index (κ1) is 15.6. The topological polar surface area (TPSA) is 64.6 Å². The van der Waals surface area contributed by atoms with Gasteiger partial charge in [-0.3, -0.25) is 10.1 Å². The molecule has 1 aliphatic carbocycles. The molecule has 5 heteroatoms. The minimum absolute atomic E-state index is 0.102. The number of hydrogen-bond acceptors (Lipinski definition) is 4. The Bertz CT molecular complexity index is 637. The van der Waals surface area contributed by atoms with Crippen LogP contribution in [0.5, 0.6) is 0 Å². The van der Waals surface area contributed by atoms with Crippen molar-refractivity contribution in [2.45, 2.75) is 26.2 Å². The van der Waals surface area contributed by atoms with Crippen molar-refractivity contribution in [3.8, 4) is 0 Å². The third-order valence-electron chi connectivity index (χ3n) is 4.70. The van der Waals surface area contributed by atoms with Crippen LogP contribution in [0.4, 0.5) is 10.5 Å². The summed E-state index contributed by atoms with van der Waals surface area (Å²) >= 11 is 0. The van der Waals surface area contributed by atoms with Crippen molar-refractivity contribution < 1.29 is 19.1 Å². The lowest BCUT2D eigenvalue weighted by molar-refractivity contribution is -0.146. The van der Waals surface area contributed by atoms with E-state index in [0.29, 0.717) is 31.7 Å². The van der Waals surface area contributed by atoms with E-state index < -0.39 is 11.5 Å². The monoisotopic (exact) mass is 315 g/mol. The molecule has 5 nitrogen and oxygen atoms in total. The number of amides is 1. The lowest BCUT2D eigenvalue weighted by Crippen LogP contribution is -2.31. The number of fused-ring (bicyclic) bond motifs is 1. The SMILES string of the molecule is C=C1CC2COC(=O)C2(Cc2ccc(NC(=O)OCC)cc2)C1. The smallest absolute Gasteiger partial charge is 0.411 e. The molecule has 2 atom stereocenters. The molecule has 1 aromatic carbocycles. The van der Waals surface area contributed by atoms with Crippen molar-refractivity contribution in [3.05, 3.63) is 42.0 Å². The van der Waals surface area contributed by atoms with Crippen molar-refractivity contribution in [2.75, 3.05) is 18.5 Å². The highest BCUT2D eigenvalue weighted by molar-refractivity contribution is 5.84.